The van der Waals surface area contributed by atoms with Gasteiger partial charge in [-0.3, -0.25) is 0 Å². The molecule has 1 aliphatic carbocycles. The van der Waals surface area contributed by atoms with Crippen molar-refractivity contribution in [3.63, 3.8) is 0 Å². The molecule has 1 aromatic rings. The molecule has 118 valence electrons. The van der Waals surface area contributed by atoms with E-state index in [1.807, 2.05) is 6.92 Å². The van der Waals surface area contributed by atoms with Crippen LogP contribution in [0.4, 0.5) is 5.82 Å². The van der Waals surface area contributed by atoms with Crippen LogP contribution in [0.1, 0.15) is 62.8 Å². The number of nitrogens with two attached hydrogens (primary N) is 1. The zero-order chi connectivity index (χ0) is 15.4. The summed E-state index contributed by atoms with van der Waals surface area (Å²) in [5, 5.41) is 8.89. The molecule has 1 aromatic heterocycles. The van der Waals surface area contributed by atoms with E-state index < -0.39 is 0 Å². The van der Waals surface area contributed by atoms with Crippen molar-refractivity contribution in [2.75, 3.05) is 11.4 Å². The van der Waals surface area contributed by atoms with Crippen molar-refractivity contribution in [1.82, 2.24) is 10.2 Å². The van der Waals surface area contributed by atoms with Gasteiger partial charge in [0.15, 0.2) is 5.82 Å². The lowest BCUT2D eigenvalue weighted by Crippen LogP contribution is -2.37. The van der Waals surface area contributed by atoms with Crippen LogP contribution < -0.4 is 10.6 Å². The van der Waals surface area contributed by atoms with Gasteiger partial charge in [0.1, 0.15) is 0 Å². The van der Waals surface area contributed by atoms with E-state index in [-0.39, 0.29) is 0 Å². The third kappa shape index (κ3) is 3.73. The van der Waals surface area contributed by atoms with Crippen LogP contribution >= 0.6 is 0 Å². The molecule has 0 aromatic carbocycles. The SMILES string of the molecule is Cc1nnc(N(CCC(C)C)C2CCCC2)c(CN)c1C. The topological polar surface area (TPSA) is 55.0 Å². The van der Waals surface area contributed by atoms with Crippen molar-refractivity contribution in [3.8, 4) is 0 Å². The molecule has 0 unspecified atom stereocenters. The predicted molar refractivity (Wildman–Crippen MR) is 88.5 cm³/mol. The Balaban J connectivity index is 2.33. The fourth-order valence-electron chi connectivity index (χ4n) is 3.19. The highest BCUT2D eigenvalue weighted by Gasteiger charge is 2.26. The number of anilines is 1. The molecule has 1 saturated carbocycles. The summed E-state index contributed by atoms with van der Waals surface area (Å²) in [6, 6.07) is 0.616. The van der Waals surface area contributed by atoms with E-state index in [4.69, 9.17) is 5.73 Å². The van der Waals surface area contributed by atoms with Crippen molar-refractivity contribution < 1.29 is 0 Å². The van der Waals surface area contributed by atoms with Gasteiger partial charge in [0.2, 0.25) is 0 Å². The van der Waals surface area contributed by atoms with Gasteiger partial charge in [-0.15, -0.1) is 5.10 Å². The highest BCUT2D eigenvalue weighted by atomic mass is 15.3. The normalized spacial score (nSPS) is 15.9. The van der Waals surface area contributed by atoms with Gasteiger partial charge in [0.05, 0.1) is 5.69 Å². The molecular weight excluding hydrogens is 260 g/mol. The number of hydrogen-bond donors (Lipinski definition) is 1. The molecule has 0 radical (unpaired) electrons. The number of aryl methyl sites for hydroxylation is 1. The first-order chi connectivity index (χ1) is 10.0. The summed E-state index contributed by atoms with van der Waals surface area (Å²) in [6.07, 6.45) is 6.40. The predicted octanol–water partition coefficient (Wildman–Crippen LogP) is 3.35. The minimum Gasteiger partial charge on any atom is -0.352 e. The molecule has 0 spiro atoms. The fraction of sp³-hybridized carbons (Fsp3) is 0.765. The minimum absolute atomic E-state index is 0.544. The van der Waals surface area contributed by atoms with Crippen LogP contribution in [-0.4, -0.2) is 22.8 Å². The smallest absolute Gasteiger partial charge is 0.156 e. The lowest BCUT2D eigenvalue weighted by atomic mass is 10.1. The Labute approximate surface area is 129 Å². The monoisotopic (exact) mass is 290 g/mol. The van der Waals surface area contributed by atoms with E-state index in [9.17, 15) is 0 Å². The van der Waals surface area contributed by atoms with Crippen molar-refractivity contribution in [1.29, 1.82) is 0 Å². The molecule has 0 amide bonds. The van der Waals surface area contributed by atoms with E-state index >= 15 is 0 Å². The number of aromatic nitrogens is 2. The molecule has 2 rings (SSSR count). The maximum atomic E-state index is 6.02. The van der Waals surface area contributed by atoms with Gasteiger partial charge in [0, 0.05) is 24.7 Å². The van der Waals surface area contributed by atoms with Crippen molar-refractivity contribution in [2.45, 2.75) is 72.4 Å². The van der Waals surface area contributed by atoms with Crippen molar-refractivity contribution in [2.24, 2.45) is 11.7 Å². The maximum absolute atomic E-state index is 6.02. The molecule has 1 heterocycles. The Bertz CT molecular complexity index is 464. The molecule has 1 fully saturated rings. The van der Waals surface area contributed by atoms with E-state index in [0.717, 1.165) is 18.1 Å². The summed E-state index contributed by atoms with van der Waals surface area (Å²) in [5.74, 6) is 1.74. The van der Waals surface area contributed by atoms with Crippen molar-refractivity contribution in [3.05, 3.63) is 16.8 Å². The second kappa shape index (κ2) is 7.21. The highest BCUT2D eigenvalue weighted by molar-refractivity contribution is 5.51. The third-order valence-electron chi connectivity index (χ3n) is 4.75. The Morgan fingerprint density at radius 3 is 2.43 bits per heavy atom. The molecule has 0 saturated heterocycles. The van der Waals surface area contributed by atoms with Crippen LogP contribution in [0.5, 0.6) is 0 Å². The molecule has 0 atom stereocenters. The Morgan fingerprint density at radius 2 is 1.86 bits per heavy atom. The molecular formula is C17H30N4. The number of rotatable bonds is 6. The van der Waals surface area contributed by atoms with Gasteiger partial charge >= 0.3 is 0 Å². The summed E-state index contributed by atoms with van der Waals surface area (Å²) in [6.45, 7) is 10.3. The van der Waals surface area contributed by atoms with Gasteiger partial charge in [0.25, 0.3) is 0 Å². The van der Waals surface area contributed by atoms with Crippen LogP contribution in [0.25, 0.3) is 0 Å². The molecule has 0 bridgehead atoms. The molecule has 4 heteroatoms. The average Bonchev–Trinajstić information content (AvgIpc) is 2.97. The van der Waals surface area contributed by atoms with Crippen LogP contribution in [0.15, 0.2) is 0 Å². The van der Waals surface area contributed by atoms with E-state index in [2.05, 4.69) is 35.9 Å². The standard InChI is InChI=1S/C17H30N4/c1-12(2)9-10-21(15-7-5-6-8-15)17-16(11-18)13(3)14(4)19-20-17/h12,15H,5-11,18H2,1-4H3. The third-order valence-corrected chi connectivity index (χ3v) is 4.75. The number of nitrogens with zero attached hydrogens (tertiary/aromatic N) is 3. The van der Waals surface area contributed by atoms with Gasteiger partial charge < -0.3 is 10.6 Å². The Kier molecular flexibility index (Phi) is 5.57. The van der Waals surface area contributed by atoms with Crippen LogP contribution in [-0.2, 0) is 6.54 Å². The van der Waals surface area contributed by atoms with Gasteiger partial charge in [-0.1, -0.05) is 26.7 Å². The fourth-order valence-corrected chi connectivity index (χ4v) is 3.19. The van der Waals surface area contributed by atoms with E-state index in [1.54, 1.807) is 0 Å². The summed E-state index contributed by atoms with van der Waals surface area (Å²) in [5.41, 5.74) is 9.40. The second-order valence-corrected chi connectivity index (χ2v) is 6.73. The molecule has 1 aliphatic rings. The first kappa shape index (κ1) is 16.2. The molecule has 21 heavy (non-hydrogen) atoms. The Morgan fingerprint density at radius 1 is 1.19 bits per heavy atom. The van der Waals surface area contributed by atoms with Gasteiger partial charge in [-0.05, 0) is 44.6 Å². The lowest BCUT2D eigenvalue weighted by molar-refractivity contribution is 0.521. The molecule has 4 nitrogen and oxygen atoms in total. The Hall–Kier alpha value is -1.16. The zero-order valence-electron chi connectivity index (χ0n) is 14.0. The maximum Gasteiger partial charge on any atom is 0.156 e. The largest absolute Gasteiger partial charge is 0.352 e. The number of hydrogen-bond acceptors (Lipinski definition) is 4. The van der Waals surface area contributed by atoms with Gasteiger partial charge in [-0.25, -0.2) is 0 Å². The van der Waals surface area contributed by atoms with Crippen LogP contribution in [0.2, 0.25) is 0 Å². The first-order valence-electron chi connectivity index (χ1n) is 8.34. The van der Waals surface area contributed by atoms with Gasteiger partial charge in [-0.2, -0.15) is 5.10 Å². The summed E-state index contributed by atoms with van der Waals surface area (Å²) < 4.78 is 0. The average molecular weight is 290 g/mol. The van der Waals surface area contributed by atoms with E-state index in [1.165, 1.54) is 43.2 Å². The van der Waals surface area contributed by atoms with E-state index in [0.29, 0.717) is 18.5 Å². The van der Waals surface area contributed by atoms with Crippen molar-refractivity contribution >= 4 is 5.82 Å². The summed E-state index contributed by atoms with van der Waals surface area (Å²) in [4.78, 5) is 2.49. The van der Waals surface area contributed by atoms with Crippen LogP contribution in [0.3, 0.4) is 0 Å². The summed E-state index contributed by atoms with van der Waals surface area (Å²) >= 11 is 0. The lowest BCUT2D eigenvalue weighted by Gasteiger charge is -2.32. The highest BCUT2D eigenvalue weighted by Crippen LogP contribution is 2.31. The minimum atomic E-state index is 0.544. The first-order valence-corrected chi connectivity index (χ1v) is 8.34. The quantitative estimate of drug-likeness (QED) is 0.873. The molecule has 0 aliphatic heterocycles. The second-order valence-electron chi connectivity index (χ2n) is 6.73. The summed E-state index contributed by atoms with van der Waals surface area (Å²) in [7, 11) is 0. The van der Waals surface area contributed by atoms with Crippen LogP contribution in [0, 0.1) is 19.8 Å². The zero-order valence-corrected chi connectivity index (χ0v) is 14.0. The molecule has 2 N–H and O–H groups in total.